The molecule has 0 atom stereocenters. The summed E-state index contributed by atoms with van der Waals surface area (Å²) in [7, 11) is 0. The molecule has 0 aliphatic rings. The van der Waals surface area contributed by atoms with Crippen LogP contribution in [0.4, 0.5) is 26.3 Å². The van der Waals surface area contributed by atoms with Gasteiger partial charge in [0.1, 0.15) is 0 Å². The second kappa shape index (κ2) is 6.64. The zero-order chi connectivity index (χ0) is 16.1. The van der Waals surface area contributed by atoms with Gasteiger partial charge in [-0.3, -0.25) is 14.4 Å². The third kappa shape index (κ3) is 5.95. The van der Waals surface area contributed by atoms with Crippen LogP contribution in [0.2, 0.25) is 0 Å². The van der Waals surface area contributed by atoms with Gasteiger partial charge in [0.15, 0.2) is 5.78 Å². The molecule has 112 valence electrons. The summed E-state index contributed by atoms with van der Waals surface area (Å²) in [4.78, 5) is 30.6. The van der Waals surface area contributed by atoms with Crippen molar-refractivity contribution in [1.82, 2.24) is 0 Å². The molecule has 0 aliphatic heterocycles. The van der Waals surface area contributed by atoms with E-state index in [1.807, 2.05) is 17.5 Å². The van der Waals surface area contributed by atoms with Gasteiger partial charge in [0.25, 0.3) is 0 Å². The molecule has 0 radical (unpaired) electrons. The number of Topliss-reactive ketones (excluding diaryl/α,β-unsaturated/α-hetero) is 3. The lowest BCUT2D eigenvalue weighted by Gasteiger charge is -2.05. The topological polar surface area (TPSA) is 51.2 Å². The van der Waals surface area contributed by atoms with E-state index in [1.165, 1.54) is 11.3 Å². The van der Waals surface area contributed by atoms with E-state index in [-0.39, 0.29) is 5.78 Å². The van der Waals surface area contributed by atoms with Crippen molar-refractivity contribution < 1.29 is 40.7 Å². The highest BCUT2D eigenvalue weighted by Gasteiger charge is 2.54. The van der Waals surface area contributed by atoms with Crippen LogP contribution < -0.4 is 0 Å². The van der Waals surface area contributed by atoms with Crippen LogP contribution >= 0.6 is 11.3 Å². The summed E-state index contributed by atoms with van der Waals surface area (Å²) in [6.07, 6.45) is -11.5. The van der Waals surface area contributed by atoms with Crippen molar-refractivity contribution in [2.24, 2.45) is 0 Å². The summed E-state index contributed by atoms with van der Waals surface area (Å²) in [6.45, 7) is 1.58. The third-order valence-corrected chi connectivity index (χ3v) is 2.56. The molecule has 1 aromatic rings. The summed E-state index contributed by atoms with van der Waals surface area (Å²) in [5.41, 5.74) is 0. The lowest BCUT2D eigenvalue weighted by Crippen LogP contribution is -2.39. The Bertz CT molecular complexity index is 462. The quantitative estimate of drug-likeness (QED) is 0.478. The SMILES string of the molecule is CC(=O)c1cccs1.O=C(C(=O)C(F)(F)F)C(F)(F)F. The molecule has 0 amide bonds. The van der Waals surface area contributed by atoms with E-state index in [9.17, 15) is 40.7 Å². The Hall–Kier alpha value is -1.71. The van der Waals surface area contributed by atoms with Crippen LogP contribution in [0.1, 0.15) is 16.6 Å². The molecule has 0 bridgehead atoms. The van der Waals surface area contributed by atoms with Crippen molar-refractivity contribution in [1.29, 1.82) is 0 Å². The van der Waals surface area contributed by atoms with Crippen LogP contribution in [0.15, 0.2) is 17.5 Å². The van der Waals surface area contributed by atoms with Gasteiger partial charge in [-0.05, 0) is 18.4 Å². The van der Waals surface area contributed by atoms with Gasteiger partial charge in [-0.2, -0.15) is 26.3 Å². The highest BCUT2D eigenvalue weighted by Crippen LogP contribution is 2.23. The first-order valence-corrected chi connectivity index (χ1v) is 5.52. The summed E-state index contributed by atoms with van der Waals surface area (Å²) in [5, 5.41) is 1.90. The standard InChI is InChI=1S/C6H6OS.C4F6O2/c1-5(7)6-3-2-4-8-6;5-3(6,7)1(11)2(12)4(8,9)10/h2-4H,1H3;. The van der Waals surface area contributed by atoms with Crippen LogP contribution in [0.25, 0.3) is 0 Å². The number of carbonyl (C=O) groups is 3. The molecule has 0 fully saturated rings. The second-order valence-corrected chi connectivity index (χ2v) is 4.13. The maximum Gasteiger partial charge on any atom is 0.458 e. The minimum Gasteiger partial charge on any atom is -0.294 e. The highest BCUT2D eigenvalue weighted by molar-refractivity contribution is 7.12. The van der Waals surface area contributed by atoms with Crippen LogP contribution in [-0.2, 0) is 9.59 Å². The normalized spacial score (nSPS) is 11.3. The predicted molar refractivity (Wildman–Crippen MR) is 56.4 cm³/mol. The molecular weight excluding hydrogens is 314 g/mol. The Morgan fingerprint density at radius 2 is 1.35 bits per heavy atom. The van der Waals surface area contributed by atoms with Crippen molar-refractivity contribution in [3.05, 3.63) is 22.4 Å². The molecule has 0 spiro atoms. The minimum atomic E-state index is -5.77. The first-order valence-electron chi connectivity index (χ1n) is 4.64. The molecular formula is C10H6F6O3S. The Labute approximate surface area is 112 Å². The van der Waals surface area contributed by atoms with E-state index in [2.05, 4.69) is 0 Å². The number of hydrogen-bond acceptors (Lipinski definition) is 4. The molecule has 3 nitrogen and oxygen atoms in total. The van der Waals surface area contributed by atoms with Crippen molar-refractivity contribution in [2.45, 2.75) is 19.3 Å². The van der Waals surface area contributed by atoms with Crippen molar-refractivity contribution >= 4 is 28.7 Å². The fourth-order valence-electron chi connectivity index (χ4n) is 0.736. The molecule has 1 rings (SSSR count). The van der Waals surface area contributed by atoms with Gasteiger partial charge in [0.2, 0.25) is 0 Å². The molecule has 0 unspecified atom stereocenters. The van der Waals surface area contributed by atoms with Crippen LogP contribution in [0.5, 0.6) is 0 Å². The highest BCUT2D eigenvalue weighted by atomic mass is 32.1. The minimum absolute atomic E-state index is 0.153. The maximum absolute atomic E-state index is 11.2. The molecule has 0 N–H and O–H groups in total. The van der Waals surface area contributed by atoms with Crippen LogP contribution in [-0.4, -0.2) is 29.7 Å². The summed E-state index contributed by atoms with van der Waals surface area (Å²) < 4.78 is 67.0. The van der Waals surface area contributed by atoms with Crippen molar-refractivity contribution in [3.8, 4) is 0 Å². The molecule has 1 aromatic heterocycles. The summed E-state index contributed by atoms with van der Waals surface area (Å²) in [6, 6.07) is 3.70. The Morgan fingerprint density at radius 3 is 1.50 bits per heavy atom. The number of alkyl halides is 6. The molecule has 0 aromatic carbocycles. The van der Waals surface area contributed by atoms with Gasteiger partial charge < -0.3 is 0 Å². The largest absolute Gasteiger partial charge is 0.458 e. The average molecular weight is 320 g/mol. The molecule has 0 saturated carbocycles. The number of carbonyl (C=O) groups excluding carboxylic acids is 3. The maximum atomic E-state index is 11.2. The molecule has 10 heteroatoms. The van der Waals surface area contributed by atoms with Gasteiger partial charge in [-0.15, -0.1) is 11.3 Å². The first kappa shape index (κ1) is 18.3. The van der Waals surface area contributed by atoms with Crippen LogP contribution in [0.3, 0.4) is 0 Å². The van der Waals surface area contributed by atoms with Gasteiger partial charge in [-0.25, -0.2) is 0 Å². The lowest BCUT2D eigenvalue weighted by molar-refractivity contribution is -0.193. The van der Waals surface area contributed by atoms with E-state index < -0.39 is 23.9 Å². The summed E-state index contributed by atoms with van der Waals surface area (Å²) >= 11 is 1.48. The van der Waals surface area contributed by atoms with E-state index in [0.29, 0.717) is 0 Å². The van der Waals surface area contributed by atoms with E-state index in [0.717, 1.165) is 4.88 Å². The van der Waals surface area contributed by atoms with Gasteiger partial charge >= 0.3 is 23.9 Å². The number of halogens is 6. The lowest BCUT2D eigenvalue weighted by atomic mass is 10.2. The fourth-order valence-corrected chi connectivity index (χ4v) is 1.36. The fraction of sp³-hybridized carbons (Fsp3) is 0.300. The Balaban J connectivity index is 0.000000388. The van der Waals surface area contributed by atoms with Gasteiger partial charge in [-0.1, -0.05) is 6.07 Å². The van der Waals surface area contributed by atoms with Crippen molar-refractivity contribution in [3.63, 3.8) is 0 Å². The summed E-state index contributed by atoms with van der Waals surface area (Å²) in [5.74, 6) is -6.66. The number of hydrogen-bond donors (Lipinski definition) is 0. The van der Waals surface area contributed by atoms with E-state index >= 15 is 0 Å². The Kier molecular flexibility index (Phi) is 6.07. The van der Waals surface area contributed by atoms with Gasteiger partial charge in [0, 0.05) is 0 Å². The zero-order valence-corrected chi connectivity index (χ0v) is 10.4. The van der Waals surface area contributed by atoms with E-state index in [4.69, 9.17) is 0 Å². The Morgan fingerprint density at radius 1 is 0.950 bits per heavy atom. The first-order chi connectivity index (χ1) is 8.87. The molecule has 1 heterocycles. The molecule has 0 aliphatic carbocycles. The van der Waals surface area contributed by atoms with E-state index in [1.54, 1.807) is 6.92 Å². The van der Waals surface area contributed by atoms with Gasteiger partial charge in [0.05, 0.1) is 4.88 Å². The second-order valence-electron chi connectivity index (χ2n) is 3.19. The monoisotopic (exact) mass is 320 g/mol. The van der Waals surface area contributed by atoms with Crippen LogP contribution in [0, 0.1) is 0 Å². The molecule has 20 heavy (non-hydrogen) atoms. The smallest absolute Gasteiger partial charge is 0.294 e. The third-order valence-electron chi connectivity index (χ3n) is 1.59. The predicted octanol–water partition coefficient (Wildman–Crippen LogP) is 3.20. The van der Waals surface area contributed by atoms with Crippen molar-refractivity contribution in [2.75, 3.05) is 0 Å². The molecule has 0 saturated heterocycles. The number of ketones is 3. The zero-order valence-electron chi connectivity index (χ0n) is 9.63. The number of thiophene rings is 1. The number of rotatable bonds is 2. The average Bonchev–Trinajstić information content (AvgIpc) is 2.78.